The molecule has 17 heteroatoms. The number of nitrogens with one attached hydrogen (secondary N) is 3. The highest BCUT2D eigenvalue weighted by molar-refractivity contribution is 7.91. The number of fused-ring (bicyclic) bond motifs is 3. The first kappa shape index (κ1) is 39.9. The molecule has 302 valence electrons. The molecule has 4 aromatic rings. The second-order valence-electron chi connectivity index (χ2n) is 16.3. The number of nitrogens with two attached hydrogens (primary N) is 1. The van der Waals surface area contributed by atoms with Gasteiger partial charge in [0.1, 0.15) is 40.6 Å². The first-order valence-electron chi connectivity index (χ1n) is 18.9. The van der Waals surface area contributed by atoms with Gasteiger partial charge in [-0.3, -0.25) is 19.1 Å². The number of amides is 3. The Balaban J connectivity index is 1.23. The van der Waals surface area contributed by atoms with E-state index in [1.807, 2.05) is 83.1 Å². The van der Waals surface area contributed by atoms with Gasteiger partial charge in [-0.2, -0.15) is 4.98 Å². The second-order valence-corrected chi connectivity index (χ2v) is 18.7. The molecule has 0 radical (unpaired) electrons. The number of sulfonamides is 1. The van der Waals surface area contributed by atoms with E-state index >= 15 is 0 Å². The molecule has 3 aliphatic rings. The maximum absolute atomic E-state index is 14.5. The molecule has 1 saturated heterocycles. The molecular formula is C40H47N7O8S2. The third-order valence-electron chi connectivity index (χ3n) is 10.4. The Labute approximate surface area is 336 Å². The van der Waals surface area contributed by atoms with Gasteiger partial charge in [-0.25, -0.2) is 13.4 Å². The number of benzene rings is 2. The molecule has 2 aliphatic carbocycles. The summed E-state index contributed by atoms with van der Waals surface area (Å²) in [6.07, 6.45) is 1.73. The van der Waals surface area contributed by atoms with Gasteiger partial charge in [-0.05, 0) is 87.1 Å². The minimum absolute atomic E-state index is 0.00951. The van der Waals surface area contributed by atoms with E-state index in [2.05, 4.69) is 21.9 Å². The fraction of sp³-hybridized carbons (Fsp3) is 0.450. The van der Waals surface area contributed by atoms with Crippen molar-refractivity contribution >= 4 is 67.1 Å². The van der Waals surface area contributed by atoms with Crippen LogP contribution in [0.1, 0.15) is 60.3 Å². The summed E-state index contributed by atoms with van der Waals surface area (Å²) in [4.78, 5) is 53.5. The molecule has 2 aromatic carbocycles. The van der Waals surface area contributed by atoms with Crippen molar-refractivity contribution in [2.24, 2.45) is 17.1 Å². The number of rotatable bonds is 13. The van der Waals surface area contributed by atoms with Crippen LogP contribution >= 0.6 is 12.2 Å². The van der Waals surface area contributed by atoms with Crippen LogP contribution in [0, 0.1) is 11.3 Å². The fourth-order valence-corrected chi connectivity index (χ4v) is 8.72. The number of para-hydroxylation sites is 1. The third kappa shape index (κ3) is 8.12. The fourth-order valence-electron chi connectivity index (χ4n) is 7.24. The van der Waals surface area contributed by atoms with Crippen molar-refractivity contribution in [2.75, 3.05) is 6.54 Å². The third-order valence-corrected chi connectivity index (χ3v) is 12.4. The summed E-state index contributed by atoms with van der Waals surface area (Å²) in [6, 6.07) is 12.7. The number of nitrogens with zero attached hydrogens (tertiary/aromatic N) is 3. The Morgan fingerprint density at radius 3 is 2.42 bits per heavy atom. The van der Waals surface area contributed by atoms with Crippen molar-refractivity contribution in [1.29, 1.82) is 0 Å². The molecule has 3 amide bonds. The van der Waals surface area contributed by atoms with Crippen LogP contribution in [-0.2, 0) is 24.4 Å². The summed E-state index contributed by atoms with van der Waals surface area (Å²) in [5.74, 6) is -1.37. The molecule has 1 aliphatic heterocycles. The standard InChI is InChI=1S/C40H47N7O8S2/c1-7-23-19-40(23,37(50)46-57(51,52)26-16-17-26)45-34(48)28-18-25(20-47(28)36(49)32(39(4,5)6)43-38(41)56)54-35-31-30(27-10-8-9-11-29(27)55-31)42-33(44-35)22-12-14-24(15-13-22)53-21(2)3/h7-15,21,23,25-26,28,32H,1,16-20H2,2-6H3,(H,45,48)(H,46,50)(H3,41,43,56)/t23-,25-,28+,32?,40?/m1/s1. The number of aromatic nitrogens is 2. The van der Waals surface area contributed by atoms with Gasteiger partial charge in [0.25, 0.3) is 11.8 Å². The van der Waals surface area contributed by atoms with Gasteiger partial charge in [-0.15, -0.1) is 6.58 Å². The Morgan fingerprint density at radius 2 is 1.81 bits per heavy atom. The molecule has 57 heavy (non-hydrogen) atoms. The van der Waals surface area contributed by atoms with Gasteiger partial charge in [-0.1, -0.05) is 39.0 Å². The van der Waals surface area contributed by atoms with Gasteiger partial charge in [0.2, 0.25) is 27.4 Å². The van der Waals surface area contributed by atoms with Gasteiger partial charge >= 0.3 is 0 Å². The van der Waals surface area contributed by atoms with Crippen molar-refractivity contribution in [3.05, 3.63) is 61.2 Å². The predicted molar refractivity (Wildman–Crippen MR) is 217 cm³/mol. The molecule has 0 spiro atoms. The maximum Gasteiger partial charge on any atom is 0.262 e. The van der Waals surface area contributed by atoms with Crippen LogP contribution in [0.2, 0.25) is 0 Å². The quantitative estimate of drug-likeness (QED) is 0.111. The first-order chi connectivity index (χ1) is 26.9. The normalized spacial score (nSPS) is 22.6. The molecule has 2 saturated carbocycles. The number of ether oxygens (including phenoxy) is 2. The van der Waals surface area contributed by atoms with Crippen LogP contribution in [-0.4, -0.2) is 87.7 Å². The summed E-state index contributed by atoms with van der Waals surface area (Å²) < 4.78 is 46.4. The summed E-state index contributed by atoms with van der Waals surface area (Å²) in [5, 5.41) is 5.70. The first-order valence-corrected chi connectivity index (χ1v) is 20.9. The lowest BCUT2D eigenvalue weighted by molar-refractivity contribution is -0.142. The Morgan fingerprint density at radius 1 is 1.11 bits per heavy atom. The van der Waals surface area contributed by atoms with Crippen LogP contribution in [0.5, 0.6) is 11.6 Å². The molecule has 2 unspecified atom stereocenters. The van der Waals surface area contributed by atoms with Crippen LogP contribution in [0.15, 0.2) is 65.6 Å². The van der Waals surface area contributed by atoms with Crippen LogP contribution in [0.4, 0.5) is 0 Å². The minimum atomic E-state index is -3.91. The lowest BCUT2D eigenvalue weighted by Crippen LogP contribution is -2.60. The van der Waals surface area contributed by atoms with E-state index in [1.54, 1.807) is 0 Å². The highest BCUT2D eigenvalue weighted by atomic mass is 32.2. The average Bonchev–Trinajstić information content (AvgIpc) is 4.05. The molecular weight excluding hydrogens is 771 g/mol. The lowest BCUT2D eigenvalue weighted by Gasteiger charge is -2.35. The van der Waals surface area contributed by atoms with Crippen molar-refractivity contribution in [3.8, 4) is 23.0 Å². The average molecular weight is 818 g/mol. The molecule has 3 heterocycles. The predicted octanol–water partition coefficient (Wildman–Crippen LogP) is 4.10. The summed E-state index contributed by atoms with van der Waals surface area (Å²) >= 11 is 5.13. The number of furan rings is 1. The zero-order chi connectivity index (χ0) is 41.0. The number of carbonyl (C=O) groups is 3. The molecule has 5 atom stereocenters. The topological polar surface area (TPSA) is 208 Å². The summed E-state index contributed by atoms with van der Waals surface area (Å²) in [6.45, 7) is 13.1. The smallest absolute Gasteiger partial charge is 0.262 e. The number of thiocarbonyl (C=S) groups is 1. The molecule has 7 rings (SSSR count). The summed E-state index contributed by atoms with van der Waals surface area (Å²) in [5.41, 5.74) is 5.65. The number of likely N-dealkylation sites (tertiary alicyclic amines) is 1. The molecule has 5 N–H and O–H groups in total. The number of carbonyl (C=O) groups excluding carboxylic acids is 3. The number of hydrogen-bond donors (Lipinski definition) is 4. The van der Waals surface area contributed by atoms with Gasteiger partial charge in [0, 0.05) is 23.3 Å². The van der Waals surface area contributed by atoms with E-state index in [0.717, 1.165) is 5.39 Å². The zero-order valence-corrected chi connectivity index (χ0v) is 34.0. The lowest BCUT2D eigenvalue weighted by atomic mass is 9.85. The molecule has 15 nitrogen and oxygen atoms in total. The van der Waals surface area contributed by atoms with E-state index in [9.17, 15) is 22.8 Å². The Hall–Kier alpha value is -5.29. The van der Waals surface area contributed by atoms with Gasteiger partial charge in [0.15, 0.2) is 10.9 Å². The second kappa shape index (κ2) is 14.9. The molecule has 0 bridgehead atoms. The van der Waals surface area contributed by atoms with Gasteiger partial charge in [0.05, 0.1) is 17.9 Å². The van der Waals surface area contributed by atoms with Gasteiger partial charge < -0.3 is 35.2 Å². The van der Waals surface area contributed by atoms with Crippen LogP contribution < -0.4 is 30.6 Å². The van der Waals surface area contributed by atoms with E-state index in [1.165, 1.54) is 11.0 Å². The van der Waals surface area contributed by atoms with E-state index in [-0.39, 0.29) is 42.1 Å². The van der Waals surface area contributed by atoms with E-state index < -0.39 is 68.1 Å². The van der Waals surface area contributed by atoms with Crippen LogP contribution in [0.3, 0.4) is 0 Å². The highest BCUT2D eigenvalue weighted by Gasteiger charge is 2.62. The van der Waals surface area contributed by atoms with Crippen molar-refractivity contribution in [3.63, 3.8) is 0 Å². The monoisotopic (exact) mass is 817 g/mol. The van der Waals surface area contributed by atoms with Crippen molar-refractivity contribution < 1.29 is 36.7 Å². The van der Waals surface area contributed by atoms with E-state index in [0.29, 0.717) is 41.1 Å². The maximum atomic E-state index is 14.5. The Kier molecular flexibility index (Phi) is 10.4. The van der Waals surface area contributed by atoms with Crippen LogP contribution in [0.25, 0.3) is 33.5 Å². The van der Waals surface area contributed by atoms with Crippen molar-refractivity contribution in [2.45, 2.75) is 95.4 Å². The SMILES string of the molecule is C=C[C@@H]1CC1(NC(=O)[C@@H]1C[C@@H](Oc2nc(-c3ccc(OC(C)C)cc3)nc3c2oc2ccccc23)CN1C(=O)C(NC(N)=S)C(C)(C)C)C(=O)NS(=O)(=O)C1CC1. The Bertz CT molecular complexity index is 2370. The largest absolute Gasteiger partial charge is 0.491 e. The van der Waals surface area contributed by atoms with Crippen molar-refractivity contribution in [1.82, 2.24) is 30.2 Å². The zero-order valence-electron chi connectivity index (χ0n) is 32.4. The minimum Gasteiger partial charge on any atom is -0.491 e. The summed E-state index contributed by atoms with van der Waals surface area (Å²) in [7, 11) is -3.91. The molecule has 2 aromatic heterocycles. The molecule has 3 fully saturated rings. The highest BCUT2D eigenvalue weighted by Crippen LogP contribution is 2.46. The van der Waals surface area contributed by atoms with E-state index in [4.69, 9.17) is 41.8 Å². The number of hydrogen-bond acceptors (Lipinski definition) is 11.